The number of methoxy groups -OCH3 is 1. The maximum absolute atomic E-state index is 15.3. The number of fused-ring (bicyclic) bond motifs is 2. The number of carbonyl (C=O) groups excluding carboxylic acids is 2. The van der Waals surface area contributed by atoms with Crippen LogP contribution in [0.15, 0.2) is 36.4 Å². The maximum atomic E-state index is 15.3. The van der Waals surface area contributed by atoms with Gasteiger partial charge in [0.1, 0.15) is 11.2 Å². The van der Waals surface area contributed by atoms with Crippen LogP contribution in [0.25, 0.3) is 0 Å². The summed E-state index contributed by atoms with van der Waals surface area (Å²) in [4.78, 5) is 28.1. The summed E-state index contributed by atoms with van der Waals surface area (Å²) in [7, 11) is 0.961. The van der Waals surface area contributed by atoms with Gasteiger partial charge in [0, 0.05) is 46.3 Å². The van der Waals surface area contributed by atoms with Gasteiger partial charge in [0.25, 0.3) is 0 Å². The monoisotopic (exact) mass is 594 g/mol. The predicted molar refractivity (Wildman–Crippen MR) is 158 cm³/mol. The van der Waals surface area contributed by atoms with Gasteiger partial charge in [-0.25, -0.2) is 8.78 Å². The van der Waals surface area contributed by atoms with E-state index in [1.807, 2.05) is 18.2 Å². The fourth-order valence-electron chi connectivity index (χ4n) is 5.22. The number of amides is 2. The molecule has 10 heteroatoms. The van der Waals surface area contributed by atoms with Crippen LogP contribution in [0.3, 0.4) is 0 Å². The van der Waals surface area contributed by atoms with E-state index in [9.17, 15) is 14.0 Å². The fourth-order valence-corrected chi connectivity index (χ4v) is 6.16. The van der Waals surface area contributed by atoms with E-state index in [1.54, 1.807) is 31.9 Å². The molecular formula is C30H41ClF2N2O4Si. The van der Waals surface area contributed by atoms with Crippen molar-refractivity contribution in [3.05, 3.63) is 59.2 Å². The summed E-state index contributed by atoms with van der Waals surface area (Å²) >= 11 is 5.88. The normalized spacial score (nSPS) is 20.4. The average Bonchev–Trinajstić information content (AvgIpc) is 3.13. The smallest absolute Gasteiger partial charge is 0.240 e. The van der Waals surface area contributed by atoms with Crippen molar-refractivity contribution in [3.63, 3.8) is 0 Å². The van der Waals surface area contributed by atoms with Crippen molar-refractivity contribution in [1.82, 2.24) is 5.32 Å². The summed E-state index contributed by atoms with van der Waals surface area (Å²) in [5, 5.41) is 2.80. The summed E-state index contributed by atoms with van der Waals surface area (Å²) in [6.07, 6.45) is 0.524. The van der Waals surface area contributed by atoms with Crippen molar-refractivity contribution < 1.29 is 27.8 Å². The summed E-state index contributed by atoms with van der Waals surface area (Å²) in [5.74, 6) is -2.29. The van der Waals surface area contributed by atoms with Crippen molar-refractivity contribution in [1.29, 1.82) is 0 Å². The third kappa shape index (κ3) is 6.86. The molecule has 1 N–H and O–H groups in total. The lowest BCUT2D eigenvalue weighted by Gasteiger charge is -2.41. The van der Waals surface area contributed by atoms with E-state index in [0.717, 1.165) is 12.7 Å². The van der Waals surface area contributed by atoms with Crippen LogP contribution in [0.1, 0.15) is 50.3 Å². The molecule has 2 atom stereocenters. The molecule has 0 radical (unpaired) electrons. The number of halogens is 3. The fraction of sp³-hybridized carbons (Fsp3) is 0.533. The number of benzene rings is 2. The first-order chi connectivity index (χ1) is 18.9. The largest absolute Gasteiger partial charge is 0.491 e. The number of alkyl halides is 1. The van der Waals surface area contributed by atoms with E-state index in [1.165, 1.54) is 12.1 Å². The second kappa shape index (κ2) is 13.4. The van der Waals surface area contributed by atoms with Gasteiger partial charge in [-0.1, -0.05) is 37.8 Å². The molecular weight excluding hydrogens is 554 g/mol. The average molecular weight is 595 g/mol. The number of hydrogen-bond donors (Lipinski definition) is 1. The highest BCUT2D eigenvalue weighted by Gasteiger charge is 2.59. The minimum absolute atomic E-state index is 0.0945. The third-order valence-electron chi connectivity index (χ3n) is 7.16. The van der Waals surface area contributed by atoms with Crippen molar-refractivity contribution in [2.24, 2.45) is 0 Å². The van der Waals surface area contributed by atoms with Crippen LogP contribution in [0.5, 0.6) is 5.75 Å². The van der Waals surface area contributed by atoms with Crippen molar-refractivity contribution in [2.45, 2.75) is 76.4 Å². The van der Waals surface area contributed by atoms with E-state index in [2.05, 4.69) is 25.0 Å². The van der Waals surface area contributed by atoms with Gasteiger partial charge in [0.15, 0.2) is 11.6 Å². The molecule has 1 spiro atoms. The Morgan fingerprint density at radius 2 is 1.85 bits per heavy atom. The van der Waals surface area contributed by atoms with E-state index in [0.29, 0.717) is 30.1 Å². The number of carbonyl (C=O) groups is 2. The highest BCUT2D eigenvalue weighted by molar-refractivity contribution is 6.76. The zero-order chi connectivity index (χ0) is 29.7. The van der Waals surface area contributed by atoms with Gasteiger partial charge in [-0.2, -0.15) is 0 Å². The third-order valence-corrected chi connectivity index (χ3v) is 9.13. The van der Waals surface area contributed by atoms with Gasteiger partial charge in [-0.15, -0.1) is 11.6 Å². The van der Waals surface area contributed by atoms with Gasteiger partial charge in [-0.05, 0) is 56.5 Å². The van der Waals surface area contributed by atoms with Gasteiger partial charge in [0.05, 0.1) is 17.7 Å². The highest BCUT2D eigenvalue weighted by Crippen LogP contribution is 2.54. The maximum Gasteiger partial charge on any atom is 0.240 e. The molecule has 2 aliphatic rings. The molecule has 2 aliphatic heterocycles. The molecule has 4 rings (SSSR count). The molecule has 2 unspecified atom stereocenters. The van der Waals surface area contributed by atoms with Crippen LogP contribution >= 0.6 is 11.6 Å². The molecule has 1 fully saturated rings. The molecule has 1 saturated heterocycles. The molecule has 2 amide bonds. The number of hydrogen-bond acceptors (Lipinski definition) is 4. The first kappa shape index (κ1) is 32.0. The Balaban J connectivity index is 0.000000482. The molecule has 0 bridgehead atoms. The Kier molecular flexibility index (Phi) is 10.8. The number of anilines is 1. The molecule has 6 nitrogen and oxygen atoms in total. The number of ether oxygens (including phenoxy) is 2. The zero-order valence-electron chi connectivity index (χ0n) is 24.3. The van der Waals surface area contributed by atoms with Crippen molar-refractivity contribution >= 4 is 37.2 Å². The van der Waals surface area contributed by atoms with Crippen LogP contribution in [0, 0.1) is 11.6 Å². The van der Waals surface area contributed by atoms with Crippen LogP contribution in [-0.2, 0) is 19.7 Å². The van der Waals surface area contributed by atoms with E-state index in [-0.39, 0.29) is 42.1 Å². The van der Waals surface area contributed by atoms with Crippen LogP contribution in [0.2, 0.25) is 25.7 Å². The predicted octanol–water partition coefficient (Wildman–Crippen LogP) is 6.59. The first-order valence-electron chi connectivity index (χ1n) is 13.8. The first-order valence-corrected chi connectivity index (χ1v) is 18.0. The summed E-state index contributed by atoms with van der Waals surface area (Å²) < 4.78 is 40.5. The molecule has 2 aromatic rings. The molecule has 40 heavy (non-hydrogen) atoms. The topological polar surface area (TPSA) is 67.9 Å². The van der Waals surface area contributed by atoms with Gasteiger partial charge >= 0.3 is 0 Å². The van der Waals surface area contributed by atoms with E-state index < -0.39 is 31.2 Å². The van der Waals surface area contributed by atoms with Gasteiger partial charge in [-0.3, -0.25) is 9.59 Å². The standard InChI is InChI=1S/C24H25ClF2N2O3.C6H16OSi/c1-14(2)32-18-9-8-16(26)21(27)20(18)22-24(11-10-19(30)28-22)15-6-3-4-7-17(15)29(23(24)31)13-5-12-25;1-7-5-6-8(2,3)4/h3-4,6-9,14,22H,5,10-13H2,1-2H3,(H,28,30);5-6H2,1-4H3. The van der Waals surface area contributed by atoms with Gasteiger partial charge < -0.3 is 19.7 Å². The molecule has 0 saturated carbocycles. The van der Waals surface area contributed by atoms with Crippen LogP contribution < -0.4 is 15.0 Å². The van der Waals surface area contributed by atoms with Crippen LogP contribution in [0.4, 0.5) is 14.5 Å². The van der Waals surface area contributed by atoms with Gasteiger partial charge in [0.2, 0.25) is 11.8 Å². The lowest BCUT2D eigenvalue weighted by atomic mass is 9.67. The summed E-state index contributed by atoms with van der Waals surface area (Å²) in [6.45, 7) is 11.9. The Hall–Kier alpha value is -2.49. The van der Waals surface area contributed by atoms with Crippen LogP contribution in [-0.4, -0.2) is 52.1 Å². The Labute approximate surface area is 242 Å². The lowest BCUT2D eigenvalue weighted by molar-refractivity contribution is -0.131. The minimum Gasteiger partial charge on any atom is -0.491 e. The number of para-hydroxylation sites is 1. The SMILES string of the molecule is CC(C)Oc1ccc(F)c(F)c1C1NC(=O)CCC12C(=O)N(CCCCl)c1ccccc12.COCC[Si](C)(C)C. The Morgan fingerprint density at radius 3 is 2.45 bits per heavy atom. The highest BCUT2D eigenvalue weighted by atomic mass is 35.5. The van der Waals surface area contributed by atoms with Crippen molar-refractivity contribution in [2.75, 3.05) is 31.0 Å². The second-order valence-corrected chi connectivity index (χ2v) is 17.7. The summed E-state index contributed by atoms with van der Waals surface area (Å²) in [6, 6.07) is 9.77. The van der Waals surface area contributed by atoms with E-state index >= 15 is 4.39 Å². The Morgan fingerprint density at radius 1 is 1.15 bits per heavy atom. The summed E-state index contributed by atoms with van der Waals surface area (Å²) in [5.41, 5.74) is -0.0368. The molecule has 220 valence electrons. The second-order valence-electron chi connectivity index (χ2n) is 11.7. The van der Waals surface area contributed by atoms with E-state index in [4.69, 9.17) is 21.1 Å². The zero-order valence-corrected chi connectivity index (χ0v) is 26.0. The Bertz CT molecular complexity index is 1210. The van der Waals surface area contributed by atoms with Crippen molar-refractivity contribution in [3.8, 4) is 5.75 Å². The molecule has 2 aromatic carbocycles. The molecule has 0 aromatic heterocycles. The quantitative estimate of drug-likeness (QED) is 0.263. The number of piperidine rings is 1. The number of rotatable bonds is 9. The number of nitrogens with one attached hydrogen (secondary N) is 1. The lowest BCUT2D eigenvalue weighted by Crippen LogP contribution is -2.54. The number of nitrogens with zero attached hydrogens (tertiary/aromatic N) is 1. The molecule has 2 heterocycles. The molecule has 0 aliphatic carbocycles. The minimum atomic E-state index is -1.28.